The summed E-state index contributed by atoms with van der Waals surface area (Å²) >= 11 is 1.56. The van der Waals surface area contributed by atoms with E-state index in [1.54, 1.807) is 16.2 Å². The number of likely N-dealkylation sites (tertiary alicyclic amines) is 1. The van der Waals surface area contributed by atoms with Crippen molar-refractivity contribution in [2.75, 3.05) is 19.6 Å². The van der Waals surface area contributed by atoms with Gasteiger partial charge in [0.25, 0.3) is 0 Å². The highest BCUT2D eigenvalue weighted by molar-refractivity contribution is 7.09. The van der Waals surface area contributed by atoms with E-state index in [0.717, 1.165) is 4.88 Å². The molecule has 112 valence electrons. The molecule has 20 heavy (non-hydrogen) atoms. The second kappa shape index (κ2) is 6.58. The van der Waals surface area contributed by atoms with Crippen molar-refractivity contribution < 1.29 is 18.0 Å². The third-order valence-electron chi connectivity index (χ3n) is 3.46. The van der Waals surface area contributed by atoms with Crippen molar-refractivity contribution in [1.29, 1.82) is 0 Å². The van der Waals surface area contributed by atoms with Gasteiger partial charge in [0, 0.05) is 4.88 Å². The van der Waals surface area contributed by atoms with Crippen molar-refractivity contribution >= 4 is 17.2 Å². The Bertz CT molecular complexity index is 425. The molecule has 1 fully saturated rings. The van der Waals surface area contributed by atoms with Crippen LogP contribution in [0.1, 0.15) is 17.7 Å². The summed E-state index contributed by atoms with van der Waals surface area (Å²) in [4.78, 5) is 14.6. The van der Waals surface area contributed by atoms with Crippen LogP contribution in [0.25, 0.3) is 0 Å². The van der Waals surface area contributed by atoms with E-state index in [1.807, 2.05) is 17.5 Å². The van der Waals surface area contributed by atoms with Crippen molar-refractivity contribution in [3.8, 4) is 0 Å². The van der Waals surface area contributed by atoms with E-state index >= 15 is 0 Å². The number of hydrogen-bond acceptors (Lipinski definition) is 3. The van der Waals surface area contributed by atoms with Gasteiger partial charge in [0.15, 0.2) is 0 Å². The number of nitrogens with one attached hydrogen (secondary N) is 1. The molecule has 0 bridgehead atoms. The number of amides is 1. The van der Waals surface area contributed by atoms with Crippen LogP contribution in [0.5, 0.6) is 0 Å². The molecule has 0 atom stereocenters. The average molecular weight is 306 g/mol. The third kappa shape index (κ3) is 4.49. The summed E-state index contributed by atoms with van der Waals surface area (Å²) < 4.78 is 37.5. The molecule has 2 rings (SSSR count). The Balaban J connectivity index is 1.68. The number of alkyl halides is 3. The van der Waals surface area contributed by atoms with Crippen LogP contribution in [0.4, 0.5) is 13.2 Å². The van der Waals surface area contributed by atoms with E-state index in [0.29, 0.717) is 19.6 Å². The van der Waals surface area contributed by atoms with Crippen LogP contribution in [-0.4, -0.2) is 36.6 Å². The molecule has 1 aliphatic rings. The minimum Gasteiger partial charge on any atom is -0.350 e. The van der Waals surface area contributed by atoms with E-state index in [2.05, 4.69) is 5.32 Å². The number of rotatable bonds is 4. The zero-order valence-electron chi connectivity index (χ0n) is 10.9. The quantitative estimate of drug-likeness (QED) is 0.927. The lowest BCUT2D eigenvalue weighted by molar-refractivity contribution is -0.185. The molecule has 1 amide bonds. The number of halogens is 3. The van der Waals surface area contributed by atoms with Gasteiger partial charge in [-0.05, 0) is 37.4 Å². The SMILES string of the molecule is O=C(CN1CCC(C(F)(F)F)CC1)NCc1cccs1. The van der Waals surface area contributed by atoms with Crippen LogP contribution >= 0.6 is 11.3 Å². The number of piperidine rings is 1. The minimum atomic E-state index is -4.10. The largest absolute Gasteiger partial charge is 0.391 e. The van der Waals surface area contributed by atoms with E-state index in [9.17, 15) is 18.0 Å². The molecule has 7 heteroatoms. The summed E-state index contributed by atoms with van der Waals surface area (Å²) in [6, 6.07) is 3.84. The highest BCUT2D eigenvalue weighted by Gasteiger charge is 2.41. The Labute approximate surface area is 119 Å². The first-order valence-corrected chi connectivity index (χ1v) is 7.41. The van der Waals surface area contributed by atoms with E-state index in [1.165, 1.54) is 0 Å². The Morgan fingerprint density at radius 3 is 2.65 bits per heavy atom. The molecule has 0 radical (unpaired) electrons. The van der Waals surface area contributed by atoms with E-state index < -0.39 is 12.1 Å². The lowest BCUT2D eigenvalue weighted by atomic mass is 9.96. The summed E-state index contributed by atoms with van der Waals surface area (Å²) in [7, 11) is 0. The highest BCUT2D eigenvalue weighted by atomic mass is 32.1. The number of nitrogens with zero attached hydrogens (tertiary/aromatic N) is 1. The molecule has 0 unspecified atom stereocenters. The maximum Gasteiger partial charge on any atom is 0.391 e. The zero-order valence-corrected chi connectivity index (χ0v) is 11.8. The molecule has 0 aliphatic carbocycles. The van der Waals surface area contributed by atoms with E-state index in [-0.39, 0.29) is 25.3 Å². The van der Waals surface area contributed by atoms with Crippen molar-refractivity contribution in [3.63, 3.8) is 0 Å². The van der Waals surface area contributed by atoms with Gasteiger partial charge in [-0.25, -0.2) is 0 Å². The number of thiophene rings is 1. The predicted molar refractivity (Wildman–Crippen MR) is 71.4 cm³/mol. The molecule has 1 aliphatic heterocycles. The Kier molecular flexibility index (Phi) is 5.04. The first-order valence-electron chi connectivity index (χ1n) is 6.53. The van der Waals surface area contributed by atoms with Crippen LogP contribution in [-0.2, 0) is 11.3 Å². The van der Waals surface area contributed by atoms with Crippen LogP contribution < -0.4 is 5.32 Å². The van der Waals surface area contributed by atoms with Crippen LogP contribution in [0.2, 0.25) is 0 Å². The molecule has 1 saturated heterocycles. The van der Waals surface area contributed by atoms with Crippen molar-refractivity contribution in [2.24, 2.45) is 5.92 Å². The van der Waals surface area contributed by atoms with Gasteiger partial charge in [-0.2, -0.15) is 13.2 Å². The average Bonchev–Trinajstić information content (AvgIpc) is 2.89. The maximum absolute atomic E-state index is 12.5. The van der Waals surface area contributed by atoms with Gasteiger partial charge in [-0.15, -0.1) is 11.3 Å². The fraction of sp³-hybridized carbons (Fsp3) is 0.615. The summed E-state index contributed by atoms with van der Waals surface area (Å²) in [5.41, 5.74) is 0. The lowest BCUT2D eigenvalue weighted by Crippen LogP contribution is -2.43. The fourth-order valence-corrected chi connectivity index (χ4v) is 2.92. The minimum absolute atomic E-state index is 0.0850. The molecule has 1 aromatic rings. The van der Waals surface area contributed by atoms with Gasteiger partial charge in [-0.1, -0.05) is 6.07 Å². The van der Waals surface area contributed by atoms with Gasteiger partial charge < -0.3 is 5.32 Å². The fourth-order valence-electron chi connectivity index (χ4n) is 2.28. The molecule has 2 heterocycles. The molecular weight excluding hydrogens is 289 g/mol. The van der Waals surface area contributed by atoms with Gasteiger partial charge in [0.05, 0.1) is 19.0 Å². The second-order valence-electron chi connectivity index (χ2n) is 4.95. The first kappa shape index (κ1) is 15.3. The topological polar surface area (TPSA) is 32.3 Å². The zero-order chi connectivity index (χ0) is 14.6. The summed E-state index contributed by atoms with van der Waals surface area (Å²) in [6.07, 6.45) is -3.93. The van der Waals surface area contributed by atoms with E-state index in [4.69, 9.17) is 0 Å². The van der Waals surface area contributed by atoms with Crippen LogP contribution in [0.3, 0.4) is 0 Å². The smallest absolute Gasteiger partial charge is 0.350 e. The molecule has 1 aromatic heterocycles. The Morgan fingerprint density at radius 2 is 2.10 bits per heavy atom. The van der Waals surface area contributed by atoms with Crippen molar-refractivity contribution in [2.45, 2.75) is 25.6 Å². The number of carbonyl (C=O) groups excluding carboxylic acids is 1. The molecule has 1 N–H and O–H groups in total. The van der Waals surface area contributed by atoms with Gasteiger partial charge in [0.2, 0.25) is 5.91 Å². The number of hydrogen-bond donors (Lipinski definition) is 1. The maximum atomic E-state index is 12.5. The third-order valence-corrected chi connectivity index (χ3v) is 4.33. The van der Waals surface area contributed by atoms with Crippen LogP contribution in [0.15, 0.2) is 17.5 Å². The second-order valence-corrected chi connectivity index (χ2v) is 5.98. The lowest BCUT2D eigenvalue weighted by Gasteiger charge is -2.32. The molecular formula is C13H17F3N2OS. The highest BCUT2D eigenvalue weighted by Crippen LogP contribution is 2.33. The monoisotopic (exact) mass is 306 g/mol. The summed E-state index contributed by atoms with van der Waals surface area (Å²) in [5.74, 6) is -1.35. The Hall–Kier alpha value is -1.08. The summed E-state index contributed by atoms with van der Waals surface area (Å²) in [5, 5.41) is 4.72. The summed E-state index contributed by atoms with van der Waals surface area (Å²) in [6.45, 7) is 1.32. The molecule has 0 saturated carbocycles. The first-order chi connectivity index (χ1) is 9.45. The van der Waals surface area contributed by atoms with Crippen molar-refractivity contribution in [1.82, 2.24) is 10.2 Å². The van der Waals surface area contributed by atoms with Gasteiger partial charge in [-0.3, -0.25) is 9.69 Å². The standard InChI is InChI=1S/C13H17F3N2OS/c14-13(15,16)10-3-5-18(6-4-10)9-12(19)17-8-11-2-1-7-20-11/h1-2,7,10H,3-6,8-9H2,(H,17,19). The van der Waals surface area contributed by atoms with Crippen LogP contribution in [0, 0.1) is 5.92 Å². The Morgan fingerprint density at radius 1 is 1.40 bits per heavy atom. The number of carbonyl (C=O) groups is 1. The van der Waals surface area contributed by atoms with Crippen molar-refractivity contribution in [3.05, 3.63) is 22.4 Å². The van der Waals surface area contributed by atoms with Gasteiger partial charge in [0.1, 0.15) is 0 Å². The van der Waals surface area contributed by atoms with Gasteiger partial charge >= 0.3 is 6.18 Å². The molecule has 0 spiro atoms. The molecule has 3 nitrogen and oxygen atoms in total. The molecule has 0 aromatic carbocycles. The normalized spacial score (nSPS) is 18.1. The predicted octanol–water partition coefficient (Wildman–Crippen LogP) is 2.64.